The molecule has 0 atom stereocenters. The lowest BCUT2D eigenvalue weighted by molar-refractivity contribution is 0.0997. The number of nitrogens with two attached hydrogens (primary N) is 2. The maximum atomic E-state index is 11.0. The van der Waals surface area contributed by atoms with Crippen LogP contribution >= 0.6 is 0 Å². The largest absolute Gasteiger partial charge is 0.383 e. The van der Waals surface area contributed by atoms with Crippen LogP contribution in [0.15, 0.2) is 6.33 Å². The topological polar surface area (TPSA) is 116 Å². The smallest absolute Gasteiger partial charge is 0.328 e. The second kappa shape index (κ2) is 3.13. The fraction of sp³-hybridized carbons (Fsp3) is 0.167. The van der Waals surface area contributed by atoms with Crippen molar-refractivity contribution in [1.29, 1.82) is 0 Å². The minimum atomic E-state index is -0.764. The number of nitrogen functional groups attached to an aromatic ring is 1. The molecule has 0 fully saturated rings. The number of nitrogens with one attached hydrogen (secondary N) is 1. The van der Waals surface area contributed by atoms with Crippen molar-refractivity contribution in [2.45, 2.75) is 0 Å². The van der Waals surface area contributed by atoms with Crippen LogP contribution in [0.1, 0.15) is 10.5 Å². The fourth-order valence-electron chi connectivity index (χ4n) is 0.830. The van der Waals surface area contributed by atoms with Crippen LogP contribution in [-0.4, -0.2) is 28.5 Å². The van der Waals surface area contributed by atoms with E-state index in [1.807, 2.05) is 0 Å². The molecule has 2 amide bonds. The summed E-state index contributed by atoms with van der Waals surface area (Å²) in [5, 5.41) is 2.33. The Hall–Kier alpha value is -2.05. The van der Waals surface area contributed by atoms with Crippen molar-refractivity contribution in [1.82, 2.24) is 14.9 Å². The molecular weight excluding hydrogens is 174 g/mol. The molecule has 0 aliphatic carbocycles. The minimum absolute atomic E-state index is 0.0631. The van der Waals surface area contributed by atoms with Crippen molar-refractivity contribution in [2.75, 3.05) is 12.8 Å². The zero-order valence-electron chi connectivity index (χ0n) is 6.94. The van der Waals surface area contributed by atoms with E-state index in [0.717, 1.165) is 10.9 Å². The Kier molecular flexibility index (Phi) is 2.18. The molecule has 1 heterocycles. The van der Waals surface area contributed by atoms with E-state index in [0.29, 0.717) is 0 Å². The van der Waals surface area contributed by atoms with Gasteiger partial charge in [0, 0.05) is 7.05 Å². The van der Waals surface area contributed by atoms with Crippen molar-refractivity contribution in [2.24, 2.45) is 5.73 Å². The summed E-state index contributed by atoms with van der Waals surface area (Å²) in [6.07, 6.45) is 1.13. The molecular formula is C6H9N5O2. The van der Waals surface area contributed by atoms with Crippen molar-refractivity contribution >= 4 is 17.8 Å². The van der Waals surface area contributed by atoms with Crippen molar-refractivity contribution in [3.63, 3.8) is 0 Å². The molecule has 1 aromatic heterocycles. The lowest BCUT2D eigenvalue weighted by Gasteiger charge is -2.01. The van der Waals surface area contributed by atoms with Crippen LogP contribution in [0.5, 0.6) is 0 Å². The first kappa shape index (κ1) is 9.04. The minimum Gasteiger partial charge on any atom is -0.383 e. The molecule has 0 aliphatic heterocycles. The quantitative estimate of drug-likeness (QED) is 0.504. The van der Waals surface area contributed by atoms with E-state index in [-0.39, 0.29) is 11.5 Å². The van der Waals surface area contributed by atoms with E-state index in [4.69, 9.17) is 11.5 Å². The molecule has 0 saturated carbocycles. The van der Waals surface area contributed by atoms with E-state index >= 15 is 0 Å². The first-order valence-corrected chi connectivity index (χ1v) is 3.42. The van der Waals surface area contributed by atoms with Crippen molar-refractivity contribution in [3.05, 3.63) is 12.0 Å². The number of carbonyl (C=O) groups excluding carboxylic acids is 2. The van der Waals surface area contributed by atoms with E-state index in [2.05, 4.69) is 10.3 Å². The summed E-state index contributed by atoms with van der Waals surface area (Å²) in [7, 11) is 1.44. The Labute approximate surface area is 73.7 Å². The predicted octanol–water partition coefficient (Wildman–Crippen LogP) is -1.25. The summed E-state index contributed by atoms with van der Waals surface area (Å²) in [4.78, 5) is 25.3. The molecule has 0 saturated heterocycles. The Morgan fingerprint density at radius 3 is 2.62 bits per heavy atom. The molecule has 5 N–H and O–H groups in total. The van der Waals surface area contributed by atoms with Crippen LogP contribution in [0, 0.1) is 0 Å². The van der Waals surface area contributed by atoms with E-state index < -0.39 is 11.9 Å². The third-order valence-corrected chi connectivity index (χ3v) is 1.47. The molecule has 70 valence electrons. The molecule has 7 heteroatoms. The Bertz CT molecular complexity index is 356. The van der Waals surface area contributed by atoms with Gasteiger partial charge >= 0.3 is 6.03 Å². The van der Waals surface area contributed by atoms with Gasteiger partial charge in [-0.15, -0.1) is 0 Å². The molecule has 0 aromatic carbocycles. The molecule has 0 unspecified atom stereocenters. The number of rotatable bonds is 1. The molecule has 0 radical (unpaired) electrons. The molecule has 7 nitrogen and oxygen atoms in total. The van der Waals surface area contributed by atoms with E-state index in [1.165, 1.54) is 7.05 Å². The lowest BCUT2D eigenvalue weighted by Crippen LogP contribution is -2.25. The molecule has 13 heavy (non-hydrogen) atoms. The summed E-state index contributed by atoms with van der Waals surface area (Å²) >= 11 is 0. The average molecular weight is 183 g/mol. The first-order valence-electron chi connectivity index (χ1n) is 3.42. The highest BCUT2D eigenvalue weighted by Crippen LogP contribution is 2.07. The summed E-state index contributed by atoms with van der Waals surface area (Å²) in [6.45, 7) is 0. The van der Waals surface area contributed by atoms with Crippen LogP contribution in [0.3, 0.4) is 0 Å². The van der Waals surface area contributed by atoms with Crippen LogP contribution < -0.4 is 16.8 Å². The number of anilines is 1. The van der Waals surface area contributed by atoms with Gasteiger partial charge in [0.1, 0.15) is 12.1 Å². The summed E-state index contributed by atoms with van der Waals surface area (Å²) in [5.41, 5.74) is 10.3. The molecule has 0 aliphatic rings. The second-order valence-corrected chi connectivity index (χ2v) is 2.27. The third kappa shape index (κ3) is 1.43. The van der Waals surface area contributed by atoms with Crippen LogP contribution in [0.25, 0.3) is 0 Å². The van der Waals surface area contributed by atoms with Gasteiger partial charge in [0.2, 0.25) is 0 Å². The number of imidazole rings is 1. The SMILES string of the molecule is CNC(=O)n1cnc(C(N)=O)c1N. The van der Waals surface area contributed by atoms with Gasteiger partial charge < -0.3 is 16.8 Å². The number of amides is 2. The molecule has 0 bridgehead atoms. The molecule has 1 rings (SSSR count). The van der Waals surface area contributed by atoms with E-state index in [9.17, 15) is 9.59 Å². The van der Waals surface area contributed by atoms with Gasteiger partial charge in [0.25, 0.3) is 5.91 Å². The highest BCUT2D eigenvalue weighted by molar-refractivity contribution is 5.97. The van der Waals surface area contributed by atoms with Gasteiger partial charge in [-0.25, -0.2) is 14.3 Å². The number of aromatic nitrogens is 2. The van der Waals surface area contributed by atoms with Gasteiger partial charge in [-0.05, 0) is 0 Å². The Balaban J connectivity index is 3.13. The van der Waals surface area contributed by atoms with Gasteiger partial charge in [-0.2, -0.15) is 0 Å². The monoisotopic (exact) mass is 183 g/mol. The highest BCUT2D eigenvalue weighted by atomic mass is 16.2. The van der Waals surface area contributed by atoms with E-state index in [1.54, 1.807) is 0 Å². The normalized spacial score (nSPS) is 9.62. The fourth-order valence-corrected chi connectivity index (χ4v) is 0.830. The summed E-state index contributed by atoms with van der Waals surface area (Å²) < 4.78 is 1.00. The number of nitrogens with zero attached hydrogens (tertiary/aromatic N) is 2. The lowest BCUT2D eigenvalue weighted by atomic mass is 10.4. The van der Waals surface area contributed by atoms with Crippen LogP contribution in [0.2, 0.25) is 0 Å². The van der Waals surface area contributed by atoms with Crippen molar-refractivity contribution < 1.29 is 9.59 Å². The zero-order valence-corrected chi connectivity index (χ0v) is 6.94. The Morgan fingerprint density at radius 1 is 1.62 bits per heavy atom. The summed E-state index contributed by atoms with van der Waals surface area (Å²) in [5.74, 6) is -0.827. The third-order valence-electron chi connectivity index (χ3n) is 1.47. The number of carbonyl (C=O) groups is 2. The average Bonchev–Trinajstić information content (AvgIpc) is 2.46. The Morgan fingerprint density at radius 2 is 2.23 bits per heavy atom. The second-order valence-electron chi connectivity index (χ2n) is 2.27. The van der Waals surface area contributed by atoms with Crippen LogP contribution in [0.4, 0.5) is 10.6 Å². The van der Waals surface area contributed by atoms with Crippen molar-refractivity contribution in [3.8, 4) is 0 Å². The first-order chi connectivity index (χ1) is 6.07. The molecule has 1 aromatic rings. The van der Waals surface area contributed by atoms with Gasteiger partial charge in [-0.3, -0.25) is 4.79 Å². The standard InChI is InChI=1S/C6H9N5O2/c1-9-6(13)11-2-10-3(4(11)7)5(8)12/h2H,7H2,1H3,(H2,8,12)(H,9,13). The summed E-state index contributed by atoms with van der Waals surface area (Å²) in [6, 6.07) is -0.475. The van der Waals surface area contributed by atoms with Gasteiger partial charge in [0.15, 0.2) is 5.69 Å². The number of hydrogen-bond donors (Lipinski definition) is 3. The predicted molar refractivity (Wildman–Crippen MR) is 45.0 cm³/mol. The number of hydrogen-bond acceptors (Lipinski definition) is 4. The van der Waals surface area contributed by atoms with Gasteiger partial charge in [0.05, 0.1) is 0 Å². The molecule has 0 spiro atoms. The highest BCUT2D eigenvalue weighted by Gasteiger charge is 2.15. The maximum Gasteiger partial charge on any atom is 0.328 e. The maximum absolute atomic E-state index is 11.0. The number of primary amides is 1. The van der Waals surface area contributed by atoms with Crippen LogP contribution in [-0.2, 0) is 0 Å². The van der Waals surface area contributed by atoms with Gasteiger partial charge in [-0.1, -0.05) is 0 Å². The zero-order chi connectivity index (χ0) is 10.0.